The Labute approximate surface area is 196 Å². The number of nitrogens with zero attached hydrogens (tertiary/aromatic N) is 1. The SMILES string of the molecule is NC(=O)c1sc2ccccc2c1[C@@H]1CN(S(=O)(=O)c2ccc(-c3ccccc3)cc2)CCO1. The molecule has 1 aliphatic rings. The van der Waals surface area contributed by atoms with Crippen molar-refractivity contribution in [2.24, 2.45) is 5.73 Å². The smallest absolute Gasteiger partial charge is 0.259 e. The highest BCUT2D eigenvalue weighted by molar-refractivity contribution is 7.89. The van der Waals surface area contributed by atoms with E-state index in [0.717, 1.165) is 21.2 Å². The molecule has 3 aromatic carbocycles. The van der Waals surface area contributed by atoms with Gasteiger partial charge in [0.25, 0.3) is 5.91 Å². The van der Waals surface area contributed by atoms with Crippen LogP contribution in [0, 0.1) is 0 Å². The Bertz CT molecular complexity index is 1410. The Kier molecular flexibility index (Phi) is 5.76. The van der Waals surface area contributed by atoms with Crippen molar-refractivity contribution in [2.75, 3.05) is 19.7 Å². The minimum Gasteiger partial charge on any atom is -0.371 e. The zero-order chi connectivity index (χ0) is 23.0. The predicted octanol–water partition coefficient (Wildman–Crippen LogP) is 4.43. The number of hydrogen-bond donors (Lipinski definition) is 1. The summed E-state index contributed by atoms with van der Waals surface area (Å²) in [6, 6.07) is 24.3. The molecule has 2 heterocycles. The zero-order valence-electron chi connectivity index (χ0n) is 17.7. The van der Waals surface area contributed by atoms with E-state index in [1.165, 1.54) is 15.6 Å². The van der Waals surface area contributed by atoms with Crippen LogP contribution in [0.15, 0.2) is 83.8 Å². The van der Waals surface area contributed by atoms with Crippen molar-refractivity contribution in [1.82, 2.24) is 4.31 Å². The van der Waals surface area contributed by atoms with Crippen LogP contribution in [-0.2, 0) is 14.8 Å². The summed E-state index contributed by atoms with van der Waals surface area (Å²) in [6.45, 7) is 0.589. The van der Waals surface area contributed by atoms with E-state index in [1.807, 2.05) is 66.7 Å². The molecule has 0 aliphatic carbocycles. The summed E-state index contributed by atoms with van der Waals surface area (Å²) in [7, 11) is -3.73. The molecule has 0 spiro atoms. The molecule has 33 heavy (non-hydrogen) atoms. The van der Waals surface area contributed by atoms with Gasteiger partial charge in [-0.25, -0.2) is 8.42 Å². The van der Waals surface area contributed by atoms with Crippen molar-refractivity contribution in [2.45, 2.75) is 11.0 Å². The van der Waals surface area contributed by atoms with E-state index in [9.17, 15) is 13.2 Å². The van der Waals surface area contributed by atoms with E-state index in [4.69, 9.17) is 10.5 Å². The lowest BCUT2D eigenvalue weighted by molar-refractivity contribution is -0.00188. The maximum atomic E-state index is 13.4. The first kappa shape index (κ1) is 21.8. The number of carbonyl (C=O) groups excluding carboxylic acids is 1. The van der Waals surface area contributed by atoms with Gasteiger partial charge in [-0.05, 0) is 34.7 Å². The summed E-state index contributed by atoms with van der Waals surface area (Å²) in [5, 5.41) is 0.868. The summed E-state index contributed by atoms with van der Waals surface area (Å²) in [5.74, 6) is -0.536. The van der Waals surface area contributed by atoms with Crippen LogP contribution in [0.2, 0.25) is 0 Å². The Balaban J connectivity index is 1.45. The maximum absolute atomic E-state index is 13.4. The number of thiophene rings is 1. The number of benzene rings is 3. The summed E-state index contributed by atoms with van der Waals surface area (Å²) < 4.78 is 35.1. The van der Waals surface area contributed by atoms with Crippen molar-refractivity contribution in [3.63, 3.8) is 0 Å². The molecule has 1 fully saturated rings. The highest BCUT2D eigenvalue weighted by atomic mass is 32.2. The minimum absolute atomic E-state index is 0.115. The van der Waals surface area contributed by atoms with Gasteiger partial charge in [0, 0.05) is 23.4 Å². The average Bonchev–Trinajstić information content (AvgIpc) is 3.25. The predicted molar refractivity (Wildman–Crippen MR) is 130 cm³/mol. The number of hydrogen-bond acceptors (Lipinski definition) is 5. The van der Waals surface area contributed by atoms with E-state index < -0.39 is 22.0 Å². The lowest BCUT2D eigenvalue weighted by Gasteiger charge is -2.32. The molecule has 2 N–H and O–H groups in total. The van der Waals surface area contributed by atoms with Gasteiger partial charge in [-0.15, -0.1) is 11.3 Å². The quantitative estimate of drug-likeness (QED) is 0.460. The van der Waals surface area contributed by atoms with Gasteiger partial charge >= 0.3 is 0 Å². The number of rotatable bonds is 5. The fraction of sp³-hybridized carbons (Fsp3) is 0.160. The van der Waals surface area contributed by atoms with Crippen molar-refractivity contribution in [3.8, 4) is 11.1 Å². The van der Waals surface area contributed by atoms with Crippen molar-refractivity contribution >= 4 is 37.4 Å². The van der Waals surface area contributed by atoms with Gasteiger partial charge in [0.1, 0.15) is 0 Å². The molecule has 0 bridgehead atoms. The van der Waals surface area contributed by atoms with Crippen LogP contribution in [0.1, 0.15) is 21.3 Å². The second kappa shape index (κ2) is 8.72. The Morgan fingerprint density at radius 2 is 1.61 bits per heavy atom. The van der Waals surface area contributed by atoms with Crippen molar-refractivity contribution < 1.29 is 17.9 Å². The average molecular weight is 479 g/mol. The molecule has 4 aromatic rings. The molecular weight excluding hydrogens is 456 g/mol. The van der Waals surface area contributed by atoms with Crippen LogP contribution in [-0.4, -0.2) is 38.3 Å². The number of fused-ring (bicyclic) bond motifs is 1. The number of ether oxygens (including phenoxy) is 1. The van der Waals surface area contributed by atoms with Crippen LogP contribution in [0.5, 0.6) is 0 Å². The highest BCUT2D eigenvalue weighted by Crippen LogP contribution is 2.38. The van der Waals surface area contributed by atoms with Crippen LogP contribution in [0.4, 0.5) is 0 Å². The van der Waals surface area contributed by atoms with Crippen LogP contribution in [0.25, 0.3) is 21.2 Å². The van der Waals surface area contributed by atoms with Crippen LogP contribution >= 0.6 is 11.3 Å². The molecule has 1 saturated heterocycles. The molecule has 168 valence electrons. The van der Waals surface area contributed by atoms with Gasteiger partial charge in [0.05, 0.1) is 22.5 Å². The van der Waals surface area contributed by atoms with Gasteiger partial charge in [-0.3, -0.25) is 4.79 Å². The second-order valence-corrected chi connectivity index (χ2v) is 10.8. The molecule has 0 radical (unpaired) electrons. The molecule has 5 rings (SSSR count). The van der Waals surface area contributed by atoms with Gasteiger partial charge in [0.15, 0.2) is 0 Å². The number of amides is 1. The van der Waals surface area contributed by atoms with Crippen LogP contribution < -0.4 is 5.73 Å². The fourth-order valence-electron chi connectivity index (χ4n) is 4.19. The van der Waals surface area contributed by atoms with Crippen molar-refractivity contribution in [1.29, 1.82) is 0 Å². The third-order valence-corrected chi connectivity index (χ3v) is 8.89. The van der Waals surface area contributed by atoms with E-state index in [-0.39, 0.29) is 24.6 Å². The van der Waals surface area contributed by atoms with E-state index in [1.54, 1.807) is 12.1 Å². The van der Waals surface area contributed by atoms with Gasteiger partial charge in [0.2, 0.25) is 10.0 Å². The highest BCUT2D eigenvalue weighted by Gasteiger charge is 2.34. The number of carbonyl (C=O) groups is 1. The third kappa shape index (κ3) is 4.06. The normalized spacial score (nSPS) is 17.3. The number of sulfonamides is 1. The number of nitrogens with two attached hydrogens (primary N) is 1. The molecule has 0 unspecified atom stereocenters. The lowest BCUT2D eigenvalue weighted by atomic mass is 10.0. The molecular formula is C25H22N2O4S2. The van der Waals surface area contributed by atoms with Gasteiger partial charge in [-0.2, -0.15) is 4.31 Å². The molecule has 1 amide bonds. The standard InChI is InChI=1S/C25H22N2O4S2/c26-25(28)24-23(20-8-4-5-9-22(20)32-24)21-16-27(14-15-31-21)33(29,30)19-12-10-18(11-13-19)17-6-2-1-3-7-17/h1-13,21H,14-16H2,(H2,26,28)/t21-/m0/s1. The Morgan fingerprint density at radius 1 is 0.939 bits per heavy atom. The maximum Gasteiger partial charge on any atom is 0.259 e. The first-order valence-corrected chi connectivity index (χ1v) is 12.8. The zero-order valence-corrected chi connectivity index (χ0v) is 19.3. The van der Waals surface area contributed by atoms with Gasteiger partial charge < -0.3 is 10.5 Å². The molecule has 8 heteroatoms. The first-order chi connectivity index (χ1) is 15.9. The second-order valence-electron chi connectivity index (χ2n) is 7.82. The summed E-state index contributed by atoms with van der Waals surface area (Å²) >= 11 is 1.31. The molecule has 0 saturated carbocycles. The molecule has 1 aliphatic heterocycles. The molecule has 1 aromatic heterocycles. The first-order valence-electron chi connectivity index (χ1n) is 10.5. The largest absolute Gasteiger partial charge is 0.371 e. The number of morpholine rings is 1. The monoisotopic (exact) mass is 478 g/mol. The van der Waals surface area contributed by atoms with Gasteiger partial charge in [-0.1, -0.05) is 60.7 Å². The minimum atomic E-state index is -3.73. The van der Waals surface area contributed by atoms with Crippen LogP contribution in [0.3, 0.4) is 0 Å². The summed E-state index contributed by atoms with van der Waals surface area (Å²) in [5.41, 5.74) is 8.29. The topological polar surface area (TPSA) is 89.7 Å². The Morgan fingerprint density at radius 3 is 2.33 bits per heavy atom. The van der Waals surface area contributed by atoms with E-state index in [2.05, 4.69) is 0 Å². The number of primary amides is 1. The molecule has 1 atom stereocenters. The van der Waals surface area contributed by atoms with E-state index >= 15 is 0 Å². The summed E-state index contributed by atoms with van der Waals surface area (Å²) in [6.07, 6.45) is -0.573. The third-order valence-electron chi connectivity index (χ3n) is 5.81. The fourth-order valence-corrected chi connectivity index (χ4v) is 6.72. The Hall–Kier alpha value is -3.04. The van der Waals surface area contributed by atoms with Crippen molar-refractivity contribution in [3.05, 3.63) is 89.3 Å². The summed E-state index contributed by atoms with van der Waals surface area (Å²) in [4.78, 5) is 12.8. The lowest BCUT2D eigenvalue weighted by Crippen LogP contribution is -2.42. The molecule has 6 nitrogen and oxygen atoms in total. The van der Waals surface area contributed by atoms with E-state index in [0.29, 0.717) is 10.4 Å².